The van der Waals surface area contributed by atoms with Crippen molar-refractivity contribution in [2.45, 2.75) is 25.3 Å². The summed E-state index contributed by atoms with van der Waals surface area (Å²) >= 11 is 0. The molecule has 1 heteroatoms. The van der Waals surface area contributed by atoms with E-state index in [1.807, 2.05) is 0 Å². The molecule has 1 aliphatic carbocycles. The first-order valence-corrected chi connectivity index (χ1v) is 5.24. The summed E-state index contributed by atoms with van der Waals surface area (Å²) in [5.41, 5.74) is 1.38. The zero-order chi connectivity index (χ0) is 9.38. The Labute approximate surface area is 84.1 Å². The highest BCUT2D eigenvalue weighted by Crippen LogP contribution is 2.23. The second-order valence-electron chi connectivity index (χ2n) is 3.93. The molecule has 1 nitrogen and oxygen atoms in total. The number of hydrogen-bond donors (Lipinski definition) is 1. The summed E-state index contributed by atoms with van der Waals surface area (Å²) in [5.74, 6) is 0. The molecule has 0 amide bonds. The fourth-order valence-electron chi connectivity index (χ4n) is 2.30. The Kier molecular flexibility index (Phi) is 1.83. The van der Waals surface area contributed by atoms with Crippen LogP contribution in [0.4, 0.5) is 0 Å². The summed E-state index contributed by atoms with van der Waals surface area (Å²) < 4.78 is 0. The zero-order valence-corrected chi connectivity index (χ0v) is 8.09. The molecule has 0 aromatic heterocycles. The Morgan fingerprint density at radius 3 is 3.21 bits per heavy atom. The summed E-state index contributed by atoms with van der Waals surface area (Å²) in [6, 6.07) is 9.06. The van der Waals surface area contributed by atoms with Gasteiger partial charge in [0, 0.05) is 18.7 Å². The number of nitrogens with one attached hydrogen (secondary N) is 1. The van der Waals surface area contributed by atoms with Crippen molar-refractivity contribution in [3.05, 3.63) is 41.1 Å². The van der Waals surface area contributed by atoms with Crippen LogP contribution in [0.1, 0.15) is 19.3 Å². The maximum absolute atomic E-state index is 3.51. The maximum Gasteiger partial charge on any atom is 0.0483 e. The summed E-state index contributed by atoms with van der Waals surface area (Å²) in [7, 11) is 0. The lowest BCUT2D eigenvalue weighted by atomic mass is 9.87. The van der Waals surface area contributed by atoms with Gasteiger partial charge in [0.15, 0.2) is 0 Å². The number of benzene rings is 1. The molecule has 0 spiro atoms. The van der Waals surface area contributed by atoms with Crippen LogP contribution >= 0.6 is 0 Å². The van der Waals surface area contributed by atoms with Gasteiger partial charge in [-0.25, -0.2) is 0 Å². The topological polar surface area (TPSA) is 12.0 Å². The molecule has 2 radical (unpaired) electrons. The van der Waals surface area contributed by atoms with E-state index in [0.29, 0.717) is 6.04 Å². The molecule has 0 saturated heterocycles. The second kappa shape index (κ2) is 3.16. The standard InChI is InChI=1S/C13H13N/c1-2-6-11-10(5-1)9-14-13-8-4-3-7-12(11)13/h1-2,5-6,9,13-14H,3-4,8H2. The fraction of sp³-hybridized carbons (Fsp3) is 0.308. The van der Waals surface area contributed by atoms with Gasteiger partial charge in [0.2, 0.25) is 0 Å². The SMILES string of the molecule is [C]1CCCC2NC=c3ccccc3=C12. The Morgan fingerprint density at radius 1 is 1.29 bits per heavy atom. The van der Waals surface area contributed by atoms with Crippen LogP contribution in [0.15, 0.2) is 24.3 Å². The van der Waals surface area contributed by atoms with Crippen molar-refractivity contribution in [1.29, 1.82) is 0 Å². The van der Waals surface area contributed by atoms with Crippen LogP contribution in [0.5, 0.6) is 0 Å². The van der Waals surface area contributed by atoms with E-state index in [1.54, 1.807) is 0 Å². The molecule has 3 rings (SSSR count). The minimum absolute atomic E-state index is 0.513. The first kappa shape index (κ1) is 8.10. The molecule has 1 saturated carbocycles. The molecule has 1 heterocycles. The van der Waals surface area contributed by atoms with Gasteiger partial charge < -0.3 is 5.32 Å². The summed E-state index contributed by atoms with van der Waals surface area (Å²) in [5, 5.41) is 6.12. The molecule has 1 aliphatic heterocycles. The summed E-state index contributed by atoms with van der Waals surface area (Å²) in [6.45, 7) is 0. The molecule has 1 atom stereocenters. The van der Waals surface area contributed by atoms with Crippen LogP contribution in [-0.2, 0) is 0 Å². The molecule has 0 bridgehead atoms. The van der Waals surface area contributed by atoms with Crippen LogP contribution < -0.4 is 15.8 Å². The second-order valence-corrected chi connectivity index (χ2v) is 3.93. The van der Waals surface area contributed by atoms with Crippen molar-refractivity contribution in [3.63, 3.8) is 0 Å². The maximum atomic E-state index is 3.51. The third-order valence-corrected chi connectivity index (χ3v) is 3.02. The summed E-state index contributed by atoms with van der Waals surface area (Å²) in [6.07, 6.45) is 9.26. The predicted octanol–water partition coefficient (Wildman–Crippen LogP) is 0.812. The Hall–Kier alpha value is -1.24. The van der Waals surface area contributed by atoms with Gasteiger partial charge >= 0.3 is 0 Å². The van der Waals surface area contributed by atoms with Crippen molar-refractivity contribution in [1.82, 2.24) is 5.32 Å². The third kappa shape index (κ3) is 1.16. The van der Waals surface area contributed by atoms with Crippen LogP contribution in [0.2, 0.25) is 0 Å². The van der Waals surface area contributed by atoms with Gasteiger partial charge in [-0.15, -0.1) is 0 Å². The van der Waals surface area contributed by atoms with E-state index in [2.05, 4.69) is 42.2 Å². The molecule has 2 aliphatic rings. The fourth-order valence-corrected chi connectivity index (χ4v) is 2.30. The van der Waals surface area contributed by atoms with E-state index in [4.69, 9.17) is 0 Å². The molecule has 1 aromatic carbocycles. The lowest BCUT2D eigenvalue weighted by Crippen LogP contribution is -2.43. The predicted molar refractivity (Wildman–Crippen MR) is 57.6 cm³/mol. The van der Waals surface area contributed by atoms with Crippen molar-refractivity contribution >= 4 is 11.8 Å². The van der Waals surface area contributed by atoms with Gasteiger partial charge in [-0.2, -0.15) is 0 Å². The Bertz CT molecular complexity index is 458. The average Bonchev–Trinajstić information content (AvgIpc) is 2.29. The molecule has 1 N–H and O–H groups in total. The van der Waals surface area contributed by atoms with E-state index in [0.717, 1.165) is 6.42 Å². The Balaban J connectivity index is 2.27. The molecular formula is C13H13N. The molecule has 70 valence electrons. The van der Waals surface area contributed by atoms with Crippen molar-refractivity contribution in [3.8, 4) is 0 Å². The van der Waals surface area contributed by atoms with E-state index in [1.165, 1.54) is 28.9 Å². The van der Waals surface area contributed by atoms with Gasteiger partial charge in [0.25, 0.3) is 0 Å². The molecule has 1 aromatic rings. The average molecular weight is 183 g/mol. The lowest BCUT2D eigenvalue weighted by Gasteiger charge is -2.27. The quantitative estimate of drug-likeness (QED) is 0.627. The van der Waals surface area contributed by atoms with Crippen molar-refractivity contribution < 1.29 is 0 Å². The van der Waals surface area contributed by atoms with E-state index in [-0.39, 0.29) is 0 Å². The lowest BCUT2D eigenvalue weighted by molar-refractivity contribution is 0.588. The van der Waals surface area contributed by atoms with Crippen LogP contribution in [-0.4, -0.2) is 6.04 Å². The minimum atomic E-state index is 0.513. The highest BCUT2D eigenvalue weighted by atomic mass is 14.9. The molecule has 1 unspecified atom stereocenters. The number of rotatable bonds is 0. The van der Waals surface area contributed by atoms with Crippen molar-refractivity contribution in [2.75, 3.05) is 0 Å². The van der Waals surface area contributed by atoms with Crippen molar-refractivity contribution in [2.24, 2.45) is 0 Å². The largest absolute Gasteiger partial charge is 0.384 e. The van der Waals surface area contributed by atoms with E-state index >= 15 is 0 Å². The van der Waals surface area contributed by atoms with Gasteiger partial charge in [0.05, 0.1) is 0 Å². The highest BCUT2D eigenvalue weighted by molar-refractivity contribution is 5.63. The Morgan fingerprint density at radius 2 is 2.21 bits per heavy atom. The smallest absolute Gasteiger partial charge is 0.0483 e. The number of fused-ring (bicyclic) bond motifs is 2. The highest BCUT2D eigenvalue weighted by Gasteiger charge is 2.20. The van der Waals surface area contributed by atoms with Crippen LogP contribution in [0.3, 0.4) is 0 Å². The van der Waals surface area contributed by atoms with Gasteiger partial charge in [0.1, 0.15) is 0 Å². The van der Waals surface area contributed by atoms with Gasteiger partial charge in [-0.05, 0) is 28.9 Å². The number of hydrogen-bond acceptors (Lipinski definition) is 1. The third-order valence-electron chi connectivity index (χ3n) is 3.02. The zero-order valence-electron chi connectivity index (χ0n) is 8.09. The van der Waals surface area contributed by atoms with Crippen LogP contribution in [0.25, 0.3) is 11.8 Å². The molecule has 14 heavy (non-hydrogen) atoms. The van der Waals surface area contributed by atoms with Gasteiger partial charge in [-0.1, -0.05) is 30.7 Å². The monoisotopic (exact) mass is 183 g/mol. The van der Waals surface area contributed by atoms with Crippen LogP contribution in [0, 0.1) is 6.42 Å². The first-order valence-electron chi connectivity index (χ1n) is 5.24. The normalized spacial score (nSPS) is 24.3. The minimum Gasteiger partial charge on any atom is -0.384 e. The first-order chi connectivity index (χ1) is 6.95. The molecule has 1 fully saturated rings. The molecular weight excluding hydrogens is 170 g/mol. The summed E-state index contributed by atoms with van der Waals surface area (Å²) in [4.78, 5) is 0. The van der Waals surface area contributed by atoms with Gasteiger partial charge in [-0.3, -0.25) is 0 Å². The van der Waals surface area contributed by atoms with E-state index in [9.17, 15) is 0 Å². The van der Waals surface area contributed by atoms with E-state index < -0.39 is 0 Å².